The highest BCUT2D eigenvalue weighted by molar-refractivity contribution is 7.01. The predicted octanol–water partition coefficient (Wildman–Crippen LogP) is 15.7. The summed E-state index contributed by atoms with van der Waals surface area (Å²) in [5, 5.41) is 0. The molecule has 2 unspecified atom stereocenters. The van der Waals surface area contributed by atoms with Crippen LogP contribution in [0.5, 0.6) is 11.5 Å². The predicted molar refractivity (Wildman–Crippen MR) is 377 cm³/mol. The molecule has 7 heteroatoms. The summed E-state index contributed by atoms with van der Waals surface area (Å²) in [6.07, 6.45) is 19.4. The Bertz CT molecular complexity index is 4590. The van der Waals surface area contributed by atoms with Gasteiger partial charge in [-0.05, 0) is 247 Å². The van der Waals surface area contributed by atoms with Crippen LogP contribution in [0.3, 0.4) is 0 Å². The van der Waals surface area contributed by atoms with Gasteiger partial charge in [0.15, 0.2) is 0 Å². The molecule has 0 radical (unpaired) electrons. The lowest BCUT2D eigenvalue weighted by Gasteiger charge is -2.46. The summed E-state index contributed by atoms with van der Waals surface area (Å²) in [6.45, 7) is 5.53. The van der Waals surface area contributed by atoms with E-state index in [9.17, 15) is 0 Å². The molecule has 0 fully saturated rings. The van der Waals surface area contributed by atoms with E-state index in [4.69, 9.17) is 4.74 Å². The SMILES string of the molecule is Cc1c2ccc(N3CCCc4ccccc43)c1CCCCCc1cc(C3CCCc4ccccc43)cc3c1B2c1cc2c(cc1N3c1ccccc1)Oc1cc(C3CCCc4ccccc43)cc3c1B2c1ccc(N2CCCc4ccccc42)c2c1N3CCC2. The summed E-state index contributed by atoms with van der Waals surface area (Å²) >= 11 is 0. The maximum Gasteiger partial charge on any atom is 0.256 e. The van der Waals surface area contributed by atoms with Crippen LogP contribution in [0, 0.1) is 6.92 Å². The Hall–Kier alpha value is -8.67. The van der Waals surface area contributed by atoms with Gasteiger partial charge in [-0.2, -0.15) is 0 Å². The lowest BCUT2D eigenvalue weighted by Crippen LogP contribution is -2.64. The standard InChI is InChI=1S/C83H76B2N4O/c1-53-62-32-7-2-4-25-58-47-59(65-35-16-26-54-21-8-12-33-63(54)65)49-78-81(58)84(68(53)40-42-74(62)86-44-18-28-56-23-10-14-38-72(56)86)70-51-71-79(52-76(70)89(78)61-30-5-3-6-31-61)90-80-50-60(66-36-17-27-55-22-9-13-34-64(55)66)48-77-82(80)85(71)69-41-43-75(67-37-20-46-88(77)83(67)69)87-45-19-29-57-24-11-15-39-73(57)87/h3,5-6,8-15,21-24,30-31,33-34,38-43,47-52,65-66H,2,4,7,16-20,25-29,32,35-37,44-46H2,1H3. The van der Waals surface area contributed by atoms with Crippen molar-refractivity contribution >= 4 is 97.4 Å². The summed E-state index contributed by atoms with van der Waals surface area (Å²) in [5.41, 5.74) is 38.3. The molecule has 9 aliphatic rings. The number of benzene rings is 10. The van der Waals surface area contributed by atoms with Crippen LogP contribution in [-0.4, -0.2) is 33.1 Å². The quantitative estimate of drug-likeness (QED) is 0.160. The van der Waals surface area contributed by atoms with Crippen LogP contribution >= 0.6 is 0 Å². The monoisotopic (exact) mass is 1170 g/mol. The van der Waals surface area contributed by atoms with E-state index in [1.165, 1.54) is 176 Å². The molecule has 440 valence electrons. The molecule has 7 aliphatic heterocycles. The summed E-state index contributed by atoms with van der Waals surface area (Å²) in [4.78, 5) is 10.8. The number of aryl methyl sites for hydroxylation is 5. The van der Waals surface area contributed by atoms with Crippen molar-refractivity contribution in [1.82, 2.24) is 0 Å². The molecular weight excluding hydrogens is 1090 g/mol. The Morgan fingerprint density at radius 2 is 0.911 bits per heavy atom. The van der Waals surface area contributed by atoms with E-state index in [0.717, 1.165) is 115 Å². The van der Waals surface area contributed by atoms with E-state index in [1.54, 1.807) is 0 Å². The fourth-order valence-corrected chi connectivity index (χ4v) is 19.1. The molecule has 0 saturated carbocycles. The molecule has 0 aromatic heterocycles. The number of anilines is 9. The van der Waals surface area contributed by atoms with Gasteiger partial charge < -0.3 is 24.3 Å². The Morgan fingerprint density at radius 3 is 1.63 bits per heavy atom. The number of para-hydroxylation sites is 3. The number of hydrogen-bond acceptors (Lipinski definition) is 5. The highest BCUT2D eigenvalue weighted by atomic mass is 16.5. The number of rotatable bonds is 5. The van der Waals surface area contributed by atoms with Gasteiger partial charge in [-0.25, -0.2) is 0 Å². The fourth-order valence-electron chi connectivity index (χ4n) is 19.1. The molecule has 10 aromatic carbocycles. The van der Waals surface area contributed by atoms with E-state index in [2.05, 4.69) is 215 Å². The van der Waals surface area contributed by atoms with Crippen LogP contribution < -0.4 is 57.1 Å². The Balaban J connectivity index is 0.875. The molecule has 10 aromatic rings. The molecule has 0 spiro atoms. The van der Waals surface area contributed by atoms with Crippen molar-refractivity contribution in [2.24, 2.45) is 0 Å². The van der Waals surface area contributed by atoms with Gasteiger partial charge in [-0.15, -0.1) is 0 Å². The molecule has 5 nitrogen and oxygen atoms in total. The lowest BCUT2D eigenvalue weighted by atomic mass is 9.30. The molecular formula is C83H76B2N4O. The van der Waals surface area contributed by atoms with E-state index < -0.39 is 0 Å². The number of nitrogens with zero attached hydrogens (tertiary/aromatic N) is 4. The molecule has 19 rings (SSSR count). The van der Waals surface area contributed by atoms with Crippen LogP contribution in [0.2, 0.25) is 0 Å². The average molecular weight is 1170 g/mol. The van der Waals surface area contributed by atoms with E-state index in [1.807, 2.05) is 0 Å². The van der Waals surface area contributed by atoms with Crippen molar-refractivity contribution in [1.29, 1.82) is 0 Å². The Morgan fingerprint density at radius 1 is 0.356 bits per heavy atom. The molecule has 0 amide bonds. The fraction of sp³-hybridized carbons (Fsp3) is 0.277. The zero-order chi connectivity index (χ0) is 59.1. The first-order valence-electron chi connectivity index (χ1n) is 34.6. The van der Waals surface area contributed by atoms with Crippen LogP contribution in [0.4, 0.5) is 51.2 Å². The second kappa shape index (κ2) is 21.2. The minimum absolute atomic E-state index is 0.0207. The normalized spacial score (nSPS) is 18.9. The highest BCUT2D eigenvalue weighted by Gasteiger charge is 2.48. The van der Waals surface area contributed by atoms with Crippen molar-refractivity contribution in [2.75, 3.05) is 39.2 Å². The molecule has 2 bridgehead atoms. The van der Waals surface area contributed by atoms with E-state index in [0.29, 0.717) is 11.8 Å². The Kier molecular flexibility index (Phi) is 12.5. The lowest BCUT2D eigenvalue weighted by molar-refractivity contribution is 0.485. The third-order valence-corrected chi connectivity index (χ3v) is 23.1. The number of hydrogen-bond donors (Lipinski definition) is 0. The third kappa shape index (κ3) is 8.22. The van der Waals surface area contributed by atoms with Gasteiger partial charge in [0.1, 0.15) is 11.5 Å². The molecule has 90 heavy (non-hydrogen) atoms. The van der Waals surface area contributed by atoms with Gasteiger partial charge in [0.2, 0.25) is 6.71 Å². The minimum Gasteiger partial charge on any atom is -0.458 e. The largest absolute Gasteiger partial charge is 0.458 e. The first-order valence-corrected chi connectivity index (χ1v) is 34.6. The Labute approximate surface area is 532 Å². The van der Waals surface area contributed by atoms with Gasteiger partial charge in [0, 0.05) is 88.7 Å². The maximum absolute atomic E-state index is 7.87. The molecule has 0 N–H and O–H groups in total. The van der Waals surface area contributed by atoms with Crippen LogP contribution in [0.15, 0.2) is 188 Å². The van der Waals surface area contributed by atoms with Gasteiger partial charge in [-0.3, -0.25) is 0 Å². The zero-order valence-corrected chi connectivity index (χ0v) is 52.0. The molecule has 7 heterocycles. The van der Waals surface area contributed by atoms with Crippen molar-refractivity contribution in [3.05, 3.63) is 255 Å². The summed E-state index contributed by atoms with van der Waals surface area (Å²) in [7, 11) is 0. The van der Waals surface area contributed by atoms with Gasteiger partial charge >= 0.3 is 0 Å². The van der Waals surface area contributed by atoms with Gasteiger partial charge in [0.25, 0.3) is 6.71 Å². The number of fused-ring (bicyclic) bond motifs is 13. The number of ether oxygens (including phenoxy) is 1. The van der Waals surface area contributed by atoms with E-state index in [-0.39, 0.29) is 13.4 Å². The topological polar surface area (TPSA) is 22.2 Å². The third-order valence-electron chi connectivity index (χ3n) is 23.1. The van der Waals surface area contributed by atoms with Gasteiger partial charge in [0.05, 0.1) is 0 Å². The molecule has 2 aliphatic carbocycles. The maximum atomic E-state index is 7.87. The summed E-state index contributed by atoms with van der Waals surface area (Å²) in [6, 6.07) is 74.6. The van der Waals surface area contributed by atoms with Crippen molar-refractivity contribution in [3.63, 3.8) is 0 Å². The zero-order valence-electron chi connectivity index (χ0n) is 52.0. The van der Waals surface area contributed by atoms with E-state index >= 15 is 0 Å². The first-order chi connectivity index (χ1) is 44.6. The molecule has 2 atom stereocenters. The molecule has 0 saturated heterocycles. The average Bonchev–Trinajstić information content (AvgIpc) is 0.727. The van der Waals surface area contributed by atoms with Crippen molar-refractivity contribution in [2.45, 2.75) is 128 Å². The smallest absolute Gasteiger partial charge is 0.256 e. The first kappa shape index (κ1) is 53.2. The highest BCUT2D eigenvalue weighted by Crippen LogP contribution is 2.50. The summed E-state index contributed by atoms with van der Waals surface area (Å²) < 4.78 is 7.87. The minimum atomic E-state index is -0.0248. The van der Waals surface area contributed by atoms with Gasteiger partial charge in [-0.1, -0.05) is 150 Å². The van der Waals surface area contributed by atoms with Crippen LogP contribution in [0.25, 0.3) is 0 Å². The summed E-state index contributed by atoms with van der Waals surface area (Å²) in [5.74, 6) is 2.66. The van der Waals surface area contributed by atoms with Crippen molar-refractivity contribution < 1.29 is 4.74 Å². The second-order valence-corrected chi connectivity index (χ2v) is 27.8. The second-order valence-electron chi connectivity index (χ2n) is 27.8. The van der Waals surface area contributed by atoms with Crippen molar-refractivity contribution in [3.8, 4) is 11.5 Å². The van der Waals surface area contributed by atoms with Crippen LogP contribution in [-0.2, 0) is 44.9 Å². The van der Waals surface area contributed by atoms with Crippen LogP contribution in [0.1, 0.15) is 143 Å².